The van der Waals surface area contributed by atoms with Crippen molar-refractivity contribution in [3.05, 3.63) is 0 Å². The molecule has 2 aliphatic heterocycles. The molecule has 2 heterocycles. The predicted octanol–water partition coefficient (Wildman–Crippen LogP) is 0.663. The summed E-state index contributed by atoms with van der Waals surface area (Å²) in [6, 6.07) is -0.716. The van der Waals surface area contributed by atoms with Crippen molar-refractivity contribution in [3.8, 4) is 12.3 Å². The van der Waals surface area contributed by atoms with Crippen molar-refractivity contribution >= 4 is 6.09 Å². The second kappa shape index (κ2) is 5.46. The van der Waals surface area contributed by atoms with Gasteiger partial charge >= 0.3 is 6.09 Å². The summed E-state index contributed by atoms with van der Waals surface area (Å²) < 4.78 is 16.6. The van der Waals surface area contributed by atoms with E-state index >= 15 is 0 Å². The van der Waals surface area contributed by atoms with Gasteiger partial charge in [0.05, 0.1) is 6.61 Å². The maximum Gasteiger partial charge on any atom is 0.435 e. The van der Waals surface area contributed by atoms with Crippen LogP contribution in [0.4, 0.5) is 4.79 Å². The predicted molar refractivity (Wildman–Crippen MR) is 71.9 cm³/mol. The molecule has 0 unspecified atom stereocenters. The number of amides is 1. The Labute approximate surface area is 124 Å². The molecule has 0 bridgehead atoms. The van der Waals surface area contributed by atoms with E-state index in [1.165, 1.54) is 0 Å². The van der Waals surface area contributed by atoms with Gasteiger partial charge in [-0.05, 0) is 27.7 Å². The third-order valence-electron chi connectivity index (χ3n) is 3.34. The summed E-state index contributed by atoms with van der Waals surface area (Å²) >= 11 is 0. The van der Waals surface area contributed by atoms with Gasteiger partial charge < -0.3 is 19.3 Å². The number of hydrogen-bond donors (Lipinski definition) is 1. The Morgan fingerprint density at radius 2 is 2.19 bits per heavy atom. The summed E-state index contributed by atoms with van der Waals surface area (Å²) in [6.45, 7) is 6.50. The number of nitrogens with zero attached hydrogens (tertiary/aromatic N) is 1. The highest BCUT2D eigenvalue weighted by Gasteiger charge is 2.52. The zero-order valence-corrected chi connectivity index (χ0v) is 12.7. The number of hydroxylamine groups is 2. The Kier molecular flexibility index (Phi) is 4.17. The summed E-state index contributed by atoms with van der Waals surface area (Å²) in [6.07, 6.45) is 3.70. The van der Waals surface area contributed by atoms with Crippen LogP contribution in [0.2, 0.25) is 0 Å². The topological polar surface area (TPSA) is 77.5 Å². The van der Waals surface area contributed by atoms with Crippen LogP contribution in [0, 0.1) is 12.3 Å². The molecule has 0 saturated carbocycles. The van der Waals surface area contributed by atoms with Crippen LogP contribution in [0.3, 0.4) is 0 Å². The molecule has 1 amide bonds. The largest absolute Gasteiger partial charge is 0.435 e. The molecule has 21 heavy (non-hydrogen) atoms. The van der Waals surface area contributed by atoms with Gasteiger partial charge in [0.1, 0.15) is 24.9 Å². The summed E-state index contributed by atoms with van der Waals surface area (Å²) in [4.78, 5) is 17.5. The fraction of sp³-hybridized carbons (Fsp3) is 0.786. The molecule has 2 aliphatic rings. The lowest BCUT2D eigenvalue weighted by atomic mass is 10.1. The minimum atomic E-state index is -1.07. The minimum absolute atomic E-state index is 0.135. The number of ether oxygens (including phenoxy) is 3. The number of carbonyl (C=O) groups is 1. The molecular formula is C14H21NO6. The SMILES string of the molecule is C#CC(C)(C)OC(=O)N1OC[C@H]2OC(C)(C)O[C@H]2[C@@H]1CO. The van der Waals surface area contributed by atoms with Gasteiger partial charge in [0.2, 0.25) is 0 Å². The van der Waals surface area contributed by atoms with E-state index in [4.69, 9.17) is 25.5 Å². The van der Waals surface area contributed by atoms with Crippen LogP contribution in [0.25, 0.3) is 0 Å². The zero-order chi connectivity index (χ0) is 15.8. The van der Waals surface area contributed by atoms with Crippen molar-refractivity contribution in [2.75, 3.05) is 13.2 Å². The van der Waals surface area contributed by atoms with E-state index < -0.39 is 29.6 Å². The number of rotatable bonds is 2. The van der Waals surface area contributed by atoms with Gasteiger partial charge in [-0.3, -0.25) is 4.84 Å². The smallest absolute Gasteiger partial charge is 0.429 e. The molecule has 2 rings (SSSR count). The summed E-state index contributed by atoms with van der Waals surface area (Å²) in [5.41, 5.74) is -1.07. The maximum atomic E-state index is 12.2. The molecule has 0 aromatic carbocycles. The number of hydrogen-bond acceptors (Lipinski definition) is 6. The van der Waals surface area contributed by atoms with Crippen LogP contribution in [0.5, 0.6) is 0 Å². The third kappa shape index (κ3) is 3.30. The Morgan fingerprint density at radius 1 is 1.52 bits per heavy atom. The standard InChI is InChI=1S/C14H21NO6/c1-6-13(2,3)21-12(17)15-9(7-16)11-10(8-18-15)19-14(4,5)20-11/h1,9-11,16H,7-8H2,2-5H3/t9-,10+,11-/m0/s1. The van der Waals surface area contributed by atoms with Crippen molar-refractivity contribution in [2.45, 2.75) is 57.3 Å². The monoisotopic (exact) mass is 299 g/mol. The Balaban J connectivity index is 2.12. The average molecular weight is 299 g/mol. The van der Waals surface area contributed by atoms with Gasteiger partial charge in [-0.15, -0.1) is 6.42 Å². The van der Waals surface area contributed by atoms with E-state index in [0.717, 1.165) is 5.06 Å². The first-order chi connectivity index (χ1) is 9.69. The van der Waals surface area contributed by atoms with Crippen molar-refractivity contribution in [1.82, 2.24) is 5.06 Å². The molecule has 0 aromatic rings. The summed E-state index contributed by atoms with van der Waals surface area (Å²) in [7, 11) is 0. The van der Waals surface area contributed by atoms with E-state index in [9.17, 15) is 9.90 Å². The van der Waals surface area contributed by atoms with Crippen LogP contribution in [-0.2, 0) is 19.0 Å². The molecule has 3 atom stereocenters. The molecule has 118 valence electrons. The number of carbonyl (C=O) groups excluding carboxylic acids is 1. The molecule has 0 radical (unpaired) electrons. The first kappa shape index (κ1) is 16.0. The van der Waals surface area contributed by atoms with Gasteiger partial charge in [-0.25, -0.2) is 4.79 Å². The fourth-order valence-electron chi connectivity index (χ4n) is 2.36. The quantitative estimate of drug-likeness (QED) is 0.755. The van der Waals surface area contributed by atoms with E-state index in [2.05, 4.69) is 5.92 Å². The van der Waals surface area contributed by atoms with Crippen LogP contribution >= 0.6 is 0 Å². The second-order valence-corrected chi connectivity index (χ2v) is 6.03. The number of aliphatic hydroxyl groups is 1. The van der Waals surface area contributed by atoms with Crippen LogP contribution in [0.1, 0.15) is 27.7 Å². The van der Waals surface area contributed by atoms with Gasteiger partial charge in [-0.2, -0.15) is 5.06 Å². The number of fused-ring (bicyclic) bond motifs is 1. The van der Waals surface area contributed by atoms with Gasteiger partial charge in [0.15, 0.2) is 11.4 Å². The van der Waals surface area contributed by atoms with Crippen molar-refractivity contribution < 1.29 is 28.9 Å². The average Bonchev–Trinajstić information content (AvgIpc) is 2.70. The first-order valence-electron chi connectivity index (χ1n) is 6.78. The number of terminal acetylenes is 1. The van der Waals surface area contributed by atoms with E-state index in [1.54, 1.807) is 27.7 Å². The molecule has 7 heteroatoms. The van der Waals surface area contributed by atoms with Crippen LogP contribution in [0.15, 0.2) is 0 Å². The fourth-order valence-corrected chi connectivity index (χ4v) is 2.36. The summed E-state index contributed by atoms with van der Waals surface area (Å²) in [5.74, 6) is 1.57. The van der Waals surface area contributed by atoms with Crippen molar-refractivity contribution in [3.63, 3.8) is 0 Å². The minimum Gasteiger partial charge on any atom is -0.429 e. The Morgan fingerprint density at radius 3 is 2.76 bits per heavy atom. The molecule has 2 saturated heterocycles. The van der Waals surface area contributed by atoms with Gasteiger partial charge in [0, 0.05) is 0 Å². The lowest BCUT2D eigenvalue weighted by molar-refractivity contribution is -0.236. The van der Waals surface area contributed by atoms with E-state index in [1.807, 2.05) is 0 Å². The molecule has 0 aliphatic carbocycles. The lowest BCUT2D eigenvalue weighted by Gasteiger charge is -2.39. The summed E-state index contributed by atoms with van der Waals surface area (Å²) in [5, 5.41) is 10.6. The molecule has 1 N–H and O–H groups in total. The highest BCUT2D eigenvalue weighted by atomic mass is 16.8. The lowest BCUT2D eigenvalue weighted by Crippen LogP contribution is -2.58. The van der Waals surface area contributed by atoms with Crippen molar-refractivity contribution in [1.29, 1.82) is 0 Å². The van der Waals surface area contributed by atoms with Crippen LogP contribution < -0.4 is 0 Å². The Hall–Kier alpha value is -1.33. The van der Waals surface area contributed by atoms with Gasteiger partial charge in [-0.1, -0.05) is 5.92 Å². The molecular weight excluding hydrogens is 278 g/mol. The van der Waals surface area contributed by atoms with Crippen LogP contribution in [-0.4, -0.2) is 59.1 Å². The Bertz CT molecular complexity index is 455. The molecule has 0 spiro atoms. The third-order valence-corrected chi connectivity index (χ3v) is 3.34. The van der Waals surface area contributed by atoms with E-state index in [-0.39, 0.29) is 19.3 Å². The normalized spacial score (nSPS) is 31.4. The van der Waals surface area contributed by atoms with Gasteiger partial charge in [0.25, 0.3) is 0 Å². The highest BCUT2D eigenvalue weighted by Crippen LogP contribution is 2.35. The highest BCUT2D eigenvalue weighted by molar-refractivity contribution is 5.68. The molecule has 2 fully saturated rings. The maximum absolute atomic E-state index is 12.2. The zero-order valence-electron chi connectivity index (χ0n) is 12.7. The second-order valence-electron chi connectivity index (χ2n) is 6.03. The number of aliphatic hydroxyl groups excluding tert-OH is 1. The molecule has 0 aromatic heterocycles. The molecule has 7 nitrogen and oxygen atoms in total. The van der Waals surface area contributed by atoms with E-state index in [0.29, 0.717) is 0 Å². The first-order valence-corrected chi connectivity index (χ1v) is 6.78. The van der Waals surface area contributed by atoms with Crippen molar-refractivity contribution in [2.24, 2.45) is 0 Å².